The average Bonchev–Trinajstić information content (AvgIpc) is 2.07. The van der Waals surface area contributed by atoms with Gasteiger partial charge in [-0.05, 0) is 18.2 Å². The molecule has 0 radical (unpaired) electrons. The van der Waals surface area contributed by atoms with Gasteiger partial charge >= 0.3 is 10.8 Å². The van der Waals surface area contributed by atoms with Gasteiger partial charge in [0.25, 0.3) is 0 Å². The highest BCUT2D eigenvalue weighted by molar-refractivity contribution is 8.41. The Morgan fingerprint density at radius 2 is 1.71 bits per heavy atom. The number of rotatable bonds is 2. The van der Waals surface area contributed by atoms with Crippen LogP contribution in [0.4, 0.5) is 0 Å². The lowest BCUT2D eigenvalue weighted by Gasteiger charge is -2.01. The summed E-state index contributed by atoms with van der Waals surface area (Å²) in [6, 6.07) is 3.49. The van der Waals surface area contributed by atoms with Crippen molar-refractivity contribution in [1.29, 1.82) is 0 Å². The zero-order valence-corrected chi connectivity index (χ0v) is 9.78. The quantitative estimate of drug-likeness (QED) is 0.638. The van der Waals surface area contributed by atoms with Crippen molar-refractivity contribution >= 4 is 44.6 Å². The van der Waals surface area contributed by atoms with Crippen LogP contribution in [0.25, 0.3) is 0 Å². The van der Waals surface area contributed by atoms with E-state index in [1.165, 1.54) is 6.07 Å². The molecule has 14 heavy (non-hydrogen) atoms. The van der Waals surface area contributed by atoms with Crippen LogP contribution in [-0.4, -0.2) is 15.7 Å². The van der Waals surface area contributed by atoms with Crippen LogP contribution in [0, 0.1) is 0 Å². The van der Waals surface area contributed by atoms with Crippen molar-refractivity contribution in [3.8, 4) is 11.5 Å². The topological polar surface area (TPSA) is 57.5 Å². The minimum Gasteiger partial charge on any atom is -0.504 e. The van der Waals surface area contributed by atoms with Crippen LogP contribution >= 0.6 is 39.0 Å². The summed E-state index contributed by atoms with van der Waals surface area (Å²) < 4.78 is 0. The molecule has 0 heterocycles. The molecule has 7 heteroatoms. The van der Waals surface area contributed by atoms with Crippen molar-refractivity contribution in [3.63, 3.8) is 0 Å². The van der Waals surface area contributed by atoms with Gasteiger partial charge in [-0.2, -0.15) is 0 Å². The minimum atomic E-state index is -3.18. The highest BCUT2D eigenvalue weighted by atomic mass is 36.1. The molecule has 0 saturated heterocycles. The summed E-state index contributed by atoms with van der Waals surface area (Å²) in [5.74, 6) is -0.751. The van der Waals surface area contributed by atoms with Gasteiger partial charge in [0.1, 0.15) is 33.7 Å². The maximum atomic E-state index is 11.4. The first-order valence-corrected chi connectivity index (χ1v) is 7.87. The molecule has 0 aliphatic carbocycles. The van der Waals surface area contributed by atoms with Gasteiger partial charge in [0.15, 0.2) is 11.5 Å². The Morgan fingerprint density at radius 3 is 2.14 bits per heavy atom. The Labute approximate surface area is 94.9 Å². The monoisotopic (exact) mass is 273 g/mol. The van der Waals surface area contributed by atoms with Crippen LogP contribution < -0.4 is 0 Å². The van der Waals surface area contributed by atoms with Crippen molar-refractivity contribution < 1.29 is 15.0 Å². The zero-order chi connectivity index (χ0) is 10.9. The fraction of sp³-hybridized carbons (Fsp3) is 0. The maximum absolute atomic E-state index is 11.4. The van der Waals surface area contributed by atoms with E-state index in [4.69, 9.17) is 43.9 Å². The van der Waals surface area contributed by atoms with Crippen molar-refractivity contribution in [2.45, 2.75) is 0 Å². The van der Waals surface area contributed by atoms with Crippen LogP contribution in [0.3, 0.4) is 0 Å². The first kappa shape index (κ1) is 11.9. The number of carbonyl (C=O) groups excluding carboxylic acids is 1. The Bertz CT molecular complexity index is 375. The summed E-state index contributed by atoms with van der Waals surface area (Å²) in [4.78, 5) is 11.4. The molecule has 1 aromatic rings. The minimum absolute atomic E-state index is 0.0635. The highest BCUT2D eigenvalue weighted by Crippen LogP contribution is 2.75. The third-order valence-electron chi connectivity index (χ3n) is 1.45. The Hall–Kier alpha value is -0.210. The molecular formula is C7H5Cl3O3P+. The molecule has 0 aliphatic heterocycles. The van der Waals surface area contributed by atoms with Gasteiger partial charge in [-0.15, -0.1) is 0 Å². The van der Waals surface area contributed by atoms with Crippen molar-refractivity contribution in [1.82, 2.24) is 0 Å². The van der Waals surface area contributed by atoms with Crippen molar-refractivity contribution in [2.24, 2.45) is 0 Å². The van der Waals surface area contributed by atoms with E-state index in [0.717, 1.165) is 12.1 Å². The molecule has 1 rings (SSSR count). The van der Waals surface area contributed by atoms with Gasteiger partial charge < -0.3 is 10.2 Å². The maximum Gasteiger partial charge on any atom is 0.380 e. The van der Waals surface area contributed by atoms with E-state index >= 15 is 0 Å². The summed E-state index contributed by atoms with van der Waals surface area (Å²) >= 11 is 16.4. The number of hydrogen-bond acceptors (Lipinski definition) is 3. The fourth-order valence-electron chi connectivity index (χ4n) is 0.803. The zero-order valence-electron chi connectivity index (χ0n) is 6.62. The smallest absolute Gasteiger partial charge is 0.380 e. The molecule has 0 fully saturated rings. The van der Waals surface area contributed by atoms with Crippen LogP contribution in [0.15, 0.2) is 18.2 Å². The molecule has 0 spiro atoms. The van der Waals surface area contributed by atoms with E-state index in [2.05, 4.69) is 0 Å². The van der Waals surface area contributed by atoms with Gasteiger partial charge in [-0.1, -0.05) is 0 Å². The molecular weight excluding hydrogens is 269 g/mol. The molecule has 76 valence electrons. The summed E-state index contributed by atoms with van der Waals surface area (Å²) in [6.45, 7) is 0. The second kappa shape index (κ2) is 4.11. The van der Waals surface area contributed by atoms with Crippen LogP contribution in [0.2, 0.25) is 0 Å². The normalized spacial score (nSPS) is 11.4. The fourth-order valence-corrected chi connectivity index (χ4v) is 2.11. The van der Waals surface area contributed by atoms with Gasteiger partial charge in [-0.3, -0.25) is 0 Å². The van der Waals surface area contributed by atoms with E-state index < -0.39 is 16.6 Å². The number of hydrogen-bond donors (Lipinski definition) is 2. The lowest BCUT2D eigenvalue weighted by Crippen LogP contribution is -1.94. The van der Waals surface area contributed by atoms with Crippen molar-refractivity contribution in [3.05, 3.63) is 23.8 Å². The van der Waals surface area contributed by atoms with Crippen LogP contribution in [-0.2, 0) is 0 Å². The molecule has 0 saturated carbocycles. The number of benzene rings is 1. The predicted octanol–water partition coefficient (Wildman–Crippen LogP) is 3.72. The summed E-state index contributed by atoms with van der Waals surface area (Å²) in [5, 5.41) is 14.9. The van der Waals surface area contributed by atoms with E-state index in [0.29, 0.717) is 0 Å². The molecule has 0 aliphatic rings. The predicted molar refractivity (Wildman–Crippen MR) is 58.6 cm³/mol. The van der Waals surface area contributed by atoms with Gasteiger partial charge in [0.2, 0.25) is 0 Å². The SMILES string of the molecule is O=C(c1ccc(O)c(O)c1)[P+](Cl)(Cl)Cl. The summed E-state index contributed by atoms with van der Waals surface area (Å²) in [5.41, 5.74) is -0.591. The first-order valence-electron chi connectivity index (χ1n) is 3.37. The molecule has 0 aromatic heterocycles. The second-order valence-corrected chi connectivity index (χ2v) is 9.87. The Morgan fingerprint density at radius 1 is 1.14 bits per heavy atom. The van der Waals surface area contributed by atoms with E-state index in [1.807, 2.05) is 0 Å². The second-order valence-electron chi connectivity index (χ2n) is 2.45. The largest absolute Gasteiger partial charge is 0.504 e. The molecule has 0 atom stereocenters. The third kappa shape index (κ3) is 2.64. The Balaban J connectivity index is 3.10. The number of aromatic hydroxyl groups is 2. The Kier molecular flexibility index (Phi) is 3.49. The lowest BCUT2D eigenvalue weighted by atomic mass is 10.2. The van der Waals surface area contributed by atoms with Crippen molar-refractivity contribution in [2.75, 3.05) is 0 Å². The highest BCUT2D eigenvalue weighted by Gasteiger charge is 2.45. The van der Waals surface area contributed by atoms with Crippen LogP contribution in [0.5, 0.6) is 11.5 Å². The van der Waals surface area contributed by atoms with E-state index in [9.17, 15) is 4.79 Å². The standard InChI is InChI=1S/C7H4Cl3O3P/c8-14(9,10)7(13)4-1-2-5(11)6(12)3-4/h1-3H,(H-,11,12,13)/p+1. The number of halogens is 3. The first-order chi connectivity index (χ1) is 6.32. The molecule has 0 bridgehead atoms. The van der Waals surface area contributed by atoms with E-state index in [-0.39, 0.29) is 11.3 Å². The average molecular weight is 274 g/mol. The van der Waals surface area contributed by atoms with Gasteiger partial charge in [-0.25, -0.2) is 4.79 Å². The number of carbonyl (C=O) groups is 1. The van der Waals surface area contributed by atoms with E-state index in [1.54, 1.807) is 0 Å². The molecule has 3 nitrogen and oxygen atoms in total. The molecule has 0 unspecified atom stereocenters. The number of phenols is 2. The number of phenolic OH excluding ortho intramolecular Hbond substituents is 2. The summed E-state index contributed by atoms with van der Waals surface area (Å²) in [7, 11) is 0. The van der Waals surface area contributed by atoms with Gasteiger partial charge in [0, 0.05) is 0 Å². The van der Waals surface area contributed by atoms with Gasteiger partial charge in [0.05, 0.1) is 5.56 Å². The molecule has 0 amide bonds. The van der Waals surface area contributed by atoms with Crippen LogP contribution in [0.1, 0.15) is 10.4 Å². The third-order valence-corrected chi connectivity index (χ3v) is 3.55. The lowest BCUT2D eigenvalue weighted by molar-refractivity contribution is 0.108. The summed E-state index contributed by atoms with van der Waals surface area (Å²) in [6.07, 6.45) is 0. The molecule has 2 N–H and O–H groups in total. The molecule has 1 aromatic carbocycles.